The van der Waals surface area contributed by atoms with Gasteiger partial charge in [-0.2, -0.15) is 0 Å². The minimum atomic E-state index is 0.121. The van der Waals surface area contributed by atoms with Gasteiger partial charge in [-0.15, -0.1) is 11.8 Å². The fraction of sp³-hybridized carbons (Fsp3) is 0.375. The van der Waals surface area contributed by atoms with Gasteiger partial charge in [0.15, 0.2) is 0 Å². The summed E-state index contributed by atoms with van der Waals surface area (Å²) in [6.07, 6.45) is 0. The van der Waals surface area contributed by atoms with Crippen molar-refractivity contribution in [3.63, 3.8) is 0 Å². The number of benzene rings is 1. The molecule has 1 amide bonds. The first-order chi connectivity index (χ1) is 10.6. The molecule has 0 N–H and O–H groups in total. The van der Waals surface area contributed by atoms with Crippen LogP contribution < -0.4 is 4.90 Å². The van der Waals surface area contributed by atoms with Crippen LogP contribution in [0.25, 0.3) is 0 Å². The van der Waals surface area contributed by atoms with Crippen LogP contribution in [-0.4, -0.2) is 41.9 Å². The number of rotatable bonds is 4. The molecule has 1 aliphatic heterocycles. The summed E-state index contributed by atoms with van der Waals surface area (Å²) in [6, 6.07) is 9.97. The van der Waals surface area contributed by atoms with Crippen molar-refractivity contribution in [2.24, 2.45) is 0 Å². The van der Waals surface area contributed by atoms with Crippen LogP contribution in [0.3, 0.4) is 0 Å². The summed E-state index contributed by atoms with van der Waals surface area (Å²) in [5.74, 6) is 1.85. The predicted octanol–water partition coefficient (Wildman–Crippen LogP) is 2.55. The molecule has 2 heterocycles. The molecular formula is C16H19N3O2S. The summed E-state index contributed by atoms with van der Waals surface area (Å²) in [4.78, 5) is 17.6. The normalized spacial score (nSPS) is 14.2. The second kappa shape index (κ2) is 6.54. The molecule has 1 aromatic carbocycles. The Labute approximate surface area is 134 Å². The Balaban J connectivity index is 1.65. The first-order valence-electron chi connectivity index (χ1n) is 7.26. The molecule has 0 radical (unpaired) electrons. The fourth-order valence-corrected chi connectivity index (χ4v) is 3.56. The van der Waals surface area contributed by atoms with Crippen molar-refractivity contribution >= 4 is 23.4 Å². The van der Waals surface area contributed by atoms with E-state index in [4.69, 9.17) is 4.52 Å². The van der Waals surface area contributed by atoms with Gasteiger partial charge in [0, 0.05) is 29.8 Å². The molecule has 0 aliphatic carbocycles. The molecule has 6 heteroatoms. The van der Waals surface area contributed by atoms with Crippen LogP contribution in [0.1, 0.15) is 11.5 Å². The Hall–Kier alpha value is -1.79. The van der Waals surface area contributed by atoms with Crippen LogP contribution in [0.5, 0.6) is 0 Å². The number of aryl methyl sites for hydroxylation is 1. The van der Waals surface area contributed by atoms with Crippen LogP contribution in [-0.2, 0) is 11.3 Å². The number of nitrogens with zero attached hydrogens (tertiary/aromatic N) is 3. The highest BCUT2D eigenvalue weighted by Gasteiger charge is 2.23. The molecule has 1 aromatic heterocycles. The summed E-state index contributed by atoms with van der Waals surface area (Å²) in [6.45, 7) is 3.60. The minimum Gasteiger partial charge on any atom is -0.361 e. The molecule has 22 heavy (non-hydrogen) atoms. The molecule has 1 aliphatic rings. The largest absolute Gasteiger partial charge is 0.361 e. The van der Waals surface area contributed by atoms with Crippen LogP contribution in [0, 0.1) is 6.92 Å². The van der Waals surface area contributed by atoms with E-state index in [0.717, 1.165) is 29.4 Å². The monoisotopic (exact) mass is 317 g/mol. The lowest BCUT2D eigenvalue weighted by molar-refractivity contribution is -0.119. The highest BCUT2D eigenvalue weighted by molar-refractivity contribution is 7.99. The second-order valence-electron chi connectivity index (χ2n) is 5.46. The molecule has 0 atom stereocenters. The second-order valence-corrected chi connectivity index (χ2v) is 6.60. The van der Waals surface area contributed by atoms with Crippen molar-refractivity contribution < 1.29 is 9.32 Å². The third-order valence-electron chi connectivity index (χ3n) is 3.54. The van der Waals surface area contributed by atoms with Crippen LogP contribution >= 0.6 is 11.8 Å². The zero-order valence-corrected chi connectivity index (χ0v) is 13.6. The predicted molar refractivity (Wildman–Crippen MR) is 87.1 cm³/mol. The van der Waals surface area contributed by atoms with Crippen molar-refractivity contribution in [3.8, 4) is 0 Å². The van der Waals surface area contributed by atoms with Crippen molar-refractivity contribution in [3.05, 3.63) is 41.8 Å². The topological polar surface area (TPSA) is 49.6 Å². The molecule has 3 rings (SSSR count). The smallest absolute Gasteiger partial charge is 0.241 e. The van der Waals surface area contributed by atoms with Gasteiger partial charge in [-0.3, -0.25) is 9.69 Å². The third-order valence-corrected chi connectivity index (χ3v) is 4.59. The summed E-state index contributed by atoms with van der Waals surface area (Å²) in [7, 11) is 1.92. The van der Waals surface area contributed by atoms with Gasteiger partial charge < -0.3 is 9.42 Å². The number of fused-ring (bicyclic) bond motifs is 1. The van der Waals surface area contributed by atoms with Crippen LogP contribution in [0.15, 0.2) is 39.8 Å². The first-order valence-corrected chi connectivity index (χ1v) is 8.25. The van der Waals surface area contributed by atoms with Crippen molar-refractivity contribution in [2.45, 2.75) is 18.4 Å². The number of thioether (sulfide) groups is 1. The number of carbonyl (C=O) groups excluding carboxylic acids is 1. The molecule has 5 nitrogen and oxygen atoms in total. The summed E-state index contributed by atoms with van der Waals surface area (Å²) in [5, 5.41) is 3.97. The molecular weight excluding hydrogens is 298 g/mol. The Kier molecular flexibility index (Phi) is 4.49. The van der Waals surface area contributed by atoms with Gasteiger partial charge in [-0.1, -0.05) is 17.3 Å². The van der Waals surface area contributed by atoms with Crippen LogP contribution in [0.4, 0.5) is 5.69 Å². The average Bonchev–Trinajstić information content (AvgIpc) is 2.91. The van der Waals surface area contributed by atoms with E-state index in [1.54, 1.807) is 11.8 Å². The Bertz CT molecular complexity index is 671. The van der Waals surface area contributed by atoms with Gasteiger partial charge in [0.2, 0.25) is 5.91 Å². The lowest BCUT2D eigenvalue weighted by Crippen LogP contribution is -2.41. The first kappa shape index (κ1) is 15.1. The van der Waals surface area contributed by atoms with Crippen molar-refractivity contribution in [1.29, 1.82) is 0 Å². The Morgan fingerprint density at radius 1 is 1.45 bits per heavy atom. The average molecular weight is 317 g/mol. The van der Waals surface area contributed by atoms with E-state index < -0.39 is 0 Å². The van der Waals surface area contributed by atoms with E-state index in [0.29, 0.717) is 13.1 Å². The quantitative estimate of drug-likeness (QED) is 0.867. The number of aromatic nitrogens is 1. The lowest BCUT2D eigenvalue weighted by Gasteiger charge is -2.30. The fourth-order valence-electron chi connectivity index (χ4n) is 2.57. The van der Waals surface area contributed by atoms with E-state index in [9.17, 15) is 4.79 Å². The summed E-state index contributed by atoms with van der Waals surface area (Å²) < 4.78 is 5.06. The van der Waals surface area contributed by atoms with E-state index in [1.165, 1.54) is 4.90 Å². The highest BCUT2D eigenvalue weighted by Crippen LogP contribution is 2.34. The number of hydrogen-bond acceptors (Lipinski definition) is 5. The summed E-state index contributed by atoms with van der Waals surface area (Å²) >= 11 is 1.80. The van der Waals surface area contributed by atoms with Gasteiger partial charge in [-0.25, -0.2) is 0 Å². The van der Waals surface area contributed by atoms with Crippen molar-refractivity contribution in [2.75, 3.05) is 30.8 Å². The Morgan fingerprint density at radius 3 is 3.05 bits per heavy atom. The maximum Gasteiger partial charge on any atom is 0.241 e. The maximum absolute atomic E-state index is 12.6. The van der Waals surface area contributed by atoms with E-state index in [-0.39, 0.29) is 5.91 Å². The molecule has 0 spiro atoms. The van der Waals surface area contributed by atoms with E-state index in [2.05, 4.69) is 11.2 Å². The number of hydrogen-bond donors (Lipinski definition) is 0. The van der Waals surface area contributed by atoms with Crippen molar-refractivity contribution in [1.82, 2.24) is 10.1 Å². The van der Waals surface area contributed by atoms with Gasteiger partial charge >= 0.3 is 0 Å². The lowest BCUT2D eigenvalue weighted by atomic mass is 10.2. The molecule has 0 saturated carbocycles. The van der Waals surface area contributed by atoms with E-state index in [1.807, 2.05) is 48.0 Å². The number of likely N-dealkylation sites (N-methyl/N-ethyl adjacent to an activating group) is 1. The van der Waals surface area contributed by atoms with Crippen LogP contribution in [0.2, 0.25) is 0 Å². The summed E-state index contributed by atoms with van der Waals surface area (Å²) in [5.41, 5.74) is 1.87. The third kappa shape index (κ3) is 3.34. The van der Waals surface area contributed by atoms with Gasteiger partial charge in [0.05, 0.1) is 17.9 Å². The van der Waals surface area contributed by atoms with E-state index >= 15 is 0 Å². The number of amides is 1. The molecule has 0 saturated heterocycles. The standard InChI is InChI=1S/C16H19N3O2S/c1-12-9-13(17-21-12)10-18(2)11-16(20)19-7-8-22-15-6-4-3-5-14(15)19/h3-6,9H,7-8,10-11H2,1-2H3. The molecule has 0 fully saturated rings. The zero-order valence-electron chi connectivity index (χ0n) is 12.8. The molecule has 0 bridgehead atoms. The Morgan fingerprint density at radius 2 is 2.27 bits per heavy atom. The SMILES string of the molecule is Cc1cc(CN(C)CC(=O)N2CCSc3ccccc32)no1. The number of anilines is 1. The van der Waals surface area contributed by atoms with Gasteiger partial charge in [-0.05, 0) is 26.1 Å². The number of carbonyl (C=O) groups is 1. The molecule has 0 unspecified atom stereocenters. The zero-order chi connectivity index (χ0) is 15.5. The highest BCUT2D eigenvalue weighted by atomic mass is 32.2. The molecule has 116 valence electrons. The molecule has 2 aromatic rings. The maximum atomic E-state index is 12.6. The number of para-hydroxylation sites is 1. The van der Waals surface area contributed by atoms with Gasteiger partial charge in [0.1, 0.15) is 5.76 Å². The minimum absolute atomic E-state index is 0.121. The van der Waals surface area contributed by atoms with Gasteiger partial charge in [0.25, 0.3) is 0 Å².